The van der Waals surface area contributed by atoms with Gasteiger partial charge in [0.1, 0.15) is 0 Å². The molecule has 3 nitrogen and oxygen atoms in total. The summed E-state index contributed by atoms with van der Waals surface area (Å²) in [7, 11) is 1.41. The van der Waals surface area contributed by atoms with E-state index in [-0.39, 0.29) is 12.1 Å². The van der Waals surface area contributed by atoms with Crippen LogP contribution >= 0.6 is 15.9 Å². The van der Waals surface area contributed by atoms with Crippen molar-refractivity contribution in [3.63, 3.8) is 0 Å². The van der Waals surface area contributed by atoms with Crippen LogP contribution in [0.15, 0.2) is 59.1 Å². The molecule has 2 rings (SSSR count). The minimum Gasteiger partial charge on any atom is -0.469 e. The second-order valence-electron chi connectivity index (χ2n) is 5.68. The number of halogens is 1. The second-order valence-corrected chi connectivity index (χ2v) is 6.59. The summed E-state index contributed by atoms with van der Waals surface area (Å²) in [6.07, 6.45) is 2.04. The molecule has 0 heterocycles. The fourth-order valence-corrected chi connectivity index (χ4v) is 2.55. The van der Waals surface area contributed by atoms with Crippen molar-refractivity contribution in [3.05, 3.63) is 70.2 Å². The molecule has 1 unspecified atom stereocenters. The van der Waals surface area contributed by atoms with E-state index in [2.05, 4.69) is 51.9 Å². The van der Waals surface area contributed by atoms with Gasteiger partial charge in [0, 0.05) is 11.1 Å². The lowest BCUT2D eigenvalue weighted by Crippen LogP contribution is -2.19. The van der Waals surface area contributed by atoms with Gasteiger partial charge in [0.2, 0.25) is 0 Å². The Morgan fingerprint density at radius 1 is 1.08 bits per heavy atom. The van der Waals surface area contributed by atoms with E-state index in [1.54, 1.807) is 0 Å². The van der Waals surface area contributed by atoms with Crippen LogP contribution in [-0.4, -0.2) is 25.8 Å². The van der Waals surface area contributed by atoms with Crippen LogP contribution in [0.25, 0.3) is 0 Å². The van der Waals surface area contributed by atoms with Gasteiger partial charge in [0.05, 0.1) is 19.6 Å². The summed E-state index contributed by atoms with van der Waals surface area (Å²) < 4.78 is 11.4. The van der Waals surface area contributed by atoms with Gasteiger partial charge in [-0.05, 0) is 44.4 Å². The SMILES string of the molecule is Brc1ccccc1.CCOC(CCc1ccc(C)cc1)CC(=O)OC. The Hall–Kier alpha value is -1.65. The van der Waals surface area contributed by atoms with Gasteiger partial charge in [-0.3, -0.25) is 4.79 Å². The molecule has 0 saturated carbocycles. The average molecular weight is 407 g/mol. The highest BCUT2D eigenvalue weighted by atomic mass is 79.9. The smallest absolute Gasteiger partial charge is 0.308 e. The zero-order chi connectivity index (χ0) is 18.5. The number of ether oxygens (including phenoxy) is 2. The van der Waals surface area contributed by atoms with E-state index in [9.17, 15) is 4.79 Å². The Balaban J connectivity index is 0.000000370. The van der Waals surface area contributed by atoms with E-state index in [1.165, 1.54) is 18.2 Å². The molecule has 0 aliphatic carbocycles. The summed E-state index contributed by atoms with van der Waals surface area (Å²) in [5, 5.41) is 0. The minimum absolute atomic E-state index is 0.0521. The van der Waals surface area contributed by atoms with Crippen LogP contribution in [0.4, 0.5) is 0 Å². The van der Waals surface area contributed by atoms with E-state index in [0.29, 0.717) is 13.0 Å². The van der Waals surface area contributed by atoms with Gasteiger partial charge < -0.3 is 9.47 Å². The maximum Gasteiger partial charge on any atom is 0.308 e. The second kappa shape index (κ2) is 12.7. The van der Waals surface area contributed by atoms with Crippen molar-refractivity contribution >= 4 is 21.9 Å². The molecular formula is C21H27BrO3. The minimum atomic E-state index is -0.211. The van der Waals surface area contributed by atoms with Crippen molar-refractivity contribution in [1.29, 1.82) is 0 Å². The lowest BCUT2D eigenvalue weighted by atomic mass is 10.0. The third kappa shape index (κ3) is 10.0. The van der Waals surface area contributed by atoms with E-state index in [4.69, 9.17) is 4.74 Å². The van der Waals surface area contributed by atoms with Crippen LogP contribution in [0.3, 0.4) is 0 Å². The van der Waals surface area contributed by atoms with Crippen LogP contribution in [0.2, 0.25) is 0 Å². The molecule has 2 aromatic carbocycles. The molecule has 25 heavy (non-hydrogen) atoms. The molecular weight excluding hydrogens is 380 g/mol. The number of hydrogen-bond acceptors (Lipinski definition) is 3. The molecule has 1 atom stereocenters. The molecule has 0 aliphatic rings. The molecule has 0 amide bonds. The third-order valence-electron chi connectivity index (χ3n) is 3.63. The Morgan fingerprint density at radius 3 is 2.20 bits per heavy atom. The highest BCUT2D eigenvalue weighted by Crippen LogP contribution is 2.12. The van der Waals surface area contributed by atoms with Gasteiger partial charge in [-0.1, -0.05) is 64.0 Å². The van der Waals surface area contributed by atoms with E-state index >= 15 is 0 Å². The number of hydrogen-bond donors (Lipinski definition) is 0. The number of carbonyl (C=O) groups is 1. The summed E-state index contributed by atoms with van der Waals surface area (Å²) in [5.74, 6) is -0.211. The Morgan fingerprint density at radius 2 is 1.72 bits per heavy atom. The predicted octanol–water partition coefficient (Wildman–Crippen LogP) is 5.34. The number of rotatable bonds is 7. The van der Waals surface area contributed by atoms with Gasteiger partial charge in [0.25, 0.3) is 0 Å². The molecule has 0 N–H and O–H groups in total. The summed E-state index contributed by atoms with van der Waals surface area (Å²) >= 11 is 3.31. The molecule has 0 fully saturated rings. The topological polar surface area (TPSA) is 35.5 Å². The van der Waals surface area contributed by atoms with Crippen molar-refractivity contribution in [2.75, 3.05) is 13.7 Å². The molecule has 0 radical (unpaired) electrons. The quantitative estimate of drug-likeness (QED) is 0.581. The first-order chi connectivity index (χ1) is 12.0. The first-order valence-electron chi connectivity index (χ1n) is 8.49. The number of methoxy groups -OCH3 is 1. The van der Waals surface area contributed by atoms with Gasteiger partial charge in [-0.2, -0.15) is 0 Å². The zero-order valence-electron chi connectivity index (χ0n) is 15.2. The van der Waals surface area contributed by atoms with Crippen LogP contribution in [-0.2, 0) is 20.7 Å². The highest BCUT2D eigenvalue weighted by molar-refractivity contribution is 9.10. The molecule has 0 aromatic heterocycles. The Kier molecular flexibility index (Phi) is 10.8. The third-order valence-corrected chi connectivity index (χ3v) is 4.16. The van der Waals surface area contributed by atoms with Crippen molar-refractivity contribution in [2.45, 2.75) is 39.2 Å². The molecule has 4 heteroatoms. The largest absolute Gasteiger partial charge is 0.469 e. The summed E-state index contributed by atoms with van der Waals surface area (Å²) in [4.78, 5) is 11.3. The summed E-state index contributed by atoms with van der Waals surface area (Å²) in [6.45, 7) is 4.63. The van der Waals surface area contributed by atoms with E-state index < -0.39 is 0 Å². The van der Waals surface area contributed by atoms with Crippen molar-refractivity contribution in [2.24, 2.45) is 0 Å². The number of benzene rings is 2. The summed E-state index contributed by atoms with van der Waals surface area (Å²) in [5.41, 5.74) is 2.53. The molecule has 136 valence electrons. The zero-order valence-corrected chi connectivity index (χ0v) is 16.8. The summed E-state index contributed by atoms with van der Waals surface area (Å²) in [6, 6.07) is 18.4. The Bertz CT molecular complexity index is 596. The number of carbonyl (C=O) groups excluding carboxylic acids is 1. The highest BCUT2D eigenvalue weighted by Gasteiger charge is 2.14. The maximum atomic E-state index is 11.3. The standard InChI is InChI=1S/C15H22O3.C6H5Br/c1-4-18-14(11-15(16)17-3)10-9-13-7-5-12(2)6-8-13;7-6-4-2-1-3-5-6/h5-8,14H,4,9-11H2,1-3H3;1-5H. The molecule has 0 bridgehead atoms. The van der Waals surface area contributed by atoms with Gasteiger partial charge in [-0.15, -0.1) is 0 Å². The van der Waals surface area contributed by atoms with Crippen molar-refractivity contribution < 1.29 is 14.3 Å². The van der Waals surface area contributed by atoms with Crippen LogP contribution in [0.1, 0.15) is 30.9 Å². The van der Waals surface area contributed by atoms with Crippen molar-refractivity contribution in [1.82, 2.24) is 0 Å². The van der Waals surface area contributed by atoms with Gasteiger partial charge >= 0.3 is 5.97 Å². The van der Waals surface area contributed by atoms with Crippen LogP contribution in [0.5, 0.6) is 0 Å². The van der Waals surface area contributed by atoms with Crippen LogP contribution < -0.4 is 0 Å². The average Bonchev–Trinajstić information content (AvgIpc) is 2.62. The van der Waals surface area contributed by atoms with E-state index in [0.717, 1.165) is 17.3 Å². The first kappa shape index (κ1) is 21.4. The number of esters is 1. The van der Waals surface area contributed by atoms with Gasteiger partial charge in [0.15, 0.2) is 0 Å². The number of aryl methyl sites for hydroxylation is 2. The van der Waals surface area contributed by atoms with Crippen LogP contribution in [0, 0.1) is 6.92 Å². The fourth-order valence-electron chi connectivity index (χ4n) is 2.25. The van der Waals surface area contributed by atoms with E-state index in [1.807, 2.05) is 37.3 Å². The molecule has 0 spiro atoms. The molecule has 2 aromatic rings. The monoisotopic (exact) mass is 406 g/mol. The first-order valence-corrected chi connectivity index (χ1v) is 9.29. The maximum absolute atomic E-state index is 11.3. The Labute approximate surface area is 159 Å². The lowest BCUT2D eigenvalue weighted by molar-refractivity contribution is -0.143. The normalized spacial score (nSPS) is 11.2. The van der Waals surface area contributed by atoms with Crippen molar-refractivity contribution in [3.8, 4) is 0 Å². The lowest BCUT2D eigenvalue weighted by Gasteiger charge is -2.15. The fraction of sp³-hybridized carbons (Fsp3) is 0.381. The predicted molar refractivity (Wildman–Crippen MR) is 106 cm³/mol. The molecule has 0 aliphatic heterocycles. The molecule has 0 saturated heterocycles. The van der Waals surface area contributed by atoms with Gasteiger partial charge in [-0.25, -0.2) is 0 Å².